The van der Waals surface area contributed by atoms with Crippen LogP contribution in [0.5, 0.6) is 0 Å². The van der Waals surface area contributed by atoms with Crippen molar-refractivity contribution in [1.82, 2.24) is 14.0 Å². The summed E-state index contributed by atoms with van der Waals surface area (Å²) in [7, 11) is 1.72. The van der Waals surface area contributed by atoms with Crippen molar-refractivity contribution in [3.63, 3.8) is 0 Å². The molecular weight excluding hydrogens is 294 g/mol. The number of carboxylic acid groups (broad SMARTS) is 1. The molecule has 0 spiro atoms. The molecule has 0 saturated carbocycles. The Morgan fingerprint density at radius 1 is 1.26 bits per heavy atom. The van der Waals surface area contributed by atoms with Gasteiger partial charge in [0.25, 0.3) is 5.56 Å². The van der Waals surface area contributed by atoms with Crippen LogP contribution in [0.4, 0.5) is 0 Å². The number of nitrogens with zero attached hydrogens (tertiary/aromatic N) is 3. The Kier molecular flexibility index (Phi) is 3.73. The number of pyridine rings is 2. The van der Waals surface area contributed by atoms with Crippen LogP contribution in [-0.4, -0.2) is 25.0 Å². The molecular formula is C17H17N3O3. The number of imidazole rings is 1. The first-order valence-corrected chi connectivity index (χ1v) is 7.32. The number of hydrogen-bond donors (Lipinski definition) is 1. The van der Waals surface area contributed by atoms with Gasteiger partial charge in [-0.15, -0.1) is 0 Å². The van der Waals surface area contributed by atoms with Crippen LogP contribution in [0.2, 0.25) is 0 Å². The molecule has 0 aromatic carbocycles. The number of aliphatic carboxylic acids is 1. The minimum Gasteiger partial charge on any atom is -0.481 e. The second-order valence-corrected chi connectivity index (χ2v) is 5.54. The Labute approximate surface area is 132 Å². The van der Waals surface area contributed by atoms with E-state index in [1.807, 2.05) is 29.5 Å². The lowest BCUT2D eigenvalue weighted by Crippen LogP contribution is -2.19. The zero-order valence-corrected chi connectivity index (χ0v) is 13.0. The molecule has 118 valence electrons. The van der Waals surface area contributed by atoms with Crippen molar-refractivity contribution in [2.75, 3.05) is 0 Å². The largest absolute Gasteiger partial charge is 0.481 e. The number of carbonyl (C=O) groups is 1. The molecule has 3 aromatic heterocycles. The average Bonchev–Trinajstić information content (AvgIpc) is 3.00. The molecule has 3 heterocycles. The molecule has 0 radical (unpaired) electrons. The highest BCUT2D eigenvalue weighted by molar-refractivity contribution is 5.79. The van der Waals surface area contributed by atoms with Gasteiger partial charge in [-0.1, -0.05) is 0 Å². The Balaban J connectivity index is 2.20. The van der Waals surface area contributed by atoms with Gasteiger partial charge in [-0.3, -0.25) is 9.59 Å². The van der Waals surface area contributed by atoms with Crippen molar-refractivity contribution >= 4 is 11.6 Å². The highest BCUT2D eigenvalue weighted by atomic mass is 16.4. The molecule has 6 nitrogen and oxygen atoms in total. The first-order valence-electron chi connectivity index (χ1n) is 7.32. The molecule has 0 saturated heterocycles. The highest BCUT2D eigenvalue weighted by Gasteiger charge is 2.15. The maximum atomic E-state index is 12.5. The molecule has 0 aliphatic heterocycles. The quantitative estimate of drug-likeness (QED) is 0.800. The molecule has 3 rings (SSSR count). The number of carboxylic acids is 1. The van der Waals surface area contributed by atoms with Gasteiger partial charge >= 0.3 is 5.97 Å². The van der Waals surface area contributed by atoms with Crippen LogP contribution >= 0.6 is 0 Å². The van der Waals surface area contributed by atoms with Crippen LogP contribution in [0.25, 0.3) is 16.8 Å². The fourth-order valence-corrected chi connectivity index (χ4v) is 2.75. The second-order valence-electron chi connectivity index (χ2n) is 5.54. The van der Waals surface area contributed by atoms with Gasteiger partial charge < -0.3 is 14.1 Å². The van der Waals surface area contributed by atoms with Gasteiger partial charge in [0.1, 0.15) is 5.65 Å². The predicted molar refractivity (Wildman–Crippen MR) is 86.6 cm³/mol. The number of hydrogen-bond acceptors (Lipinski definition) is 3. The average molecular weight is 311 g/mol. The van der Waals surface area contributed by atoms with E-state index < -0.39 is 5.97 Å². The van der Waals surface area contributed by atoms with Gasteiger partial charge in [-0.25, -0.2) is 4.98 Å². The van der Waals surface area contributed by atoms with E-state index in [4.69, 9.17) is 5.11 Å². The molecule has 0 amide bonds. The van der Waals surface area contributed by atoms with Crippen LogP contribution in [-0.2, 0) is 18.3 Å². The lowest BCUT2D eigenvalue weighted by molar-refractivity contribution is -0.136. The van der Waals surface area contributed by atoms with Crippen molar-refractivity contribution in [3.05, 3.63) is 58.4 Å². The SMILES string of the molecule is Cc1ccn(C)c(=O)c1-c1ccc(CCC(=O)O)n2ccnc12. The Morgan fingerprint density at radius 2 is 2.04 bits per heavy atom. The monoisotopic (exact) mass is 311 g/mol. The predicted octanol–water partition coefficient (Wildman–Crippen LogP) is 2.03. The van der Waals surface area contributed by atoms with Crippen molar-refractivity contribution in [3.8, 4) is 11.1 Å². The summed E-state index contributed by atoms with van der Waals surface area (Å²) in [6.45, 7) is 1.90. The Hall–Kier alpha value is -2.89. The zero-order valence-electron chi connectivity index (χ0n) is 13.0. The summed E-state index contributed by atoms with van der Waals surface area (Å²) >= 11 is 0. The van der Waals surface area contributed by atoms with Gasteiger partial charge in [0.05, 0.1) is 12.0 Å². The molecule has 3 aromatic rings. The van der Waals surface area contributed by atoms with E-state index in [-0.39, 0.29) is 12.0 Å². The summed E-state index contributed by atoms with van der Waals surface area (Å²) in [5.41, 5.74) is 3.71. The molecule has 0 fully saturated rings. The van der Waals surface area contributed by atoms with Crippen LogP contribution in [0.1, 0.15) is 17.7 Å². The van der Waals surface area contributed by atoms with E-state index in [0.717, 1.165) is 16.8 Å². The number of aryl methyl sites for hydroxylation is 3. The number of aromatic nitrogens is 3. The Morgan fingerprint density at radius 3 is 2.78 bits per heavy atom. The summed E-state index contributed by atoms with van der Waals surface area (Å²) in [6.07, 6.45) is 5.66. The third-order valence-corrected chi connectivity index (χ3v) is 3.97. The molecule has 1 N–H and O–H groups in total. The normalized spacial score (nSPS) is 11.0. The standard InChI is InChI=1S/C17H17N3O3/c1-11-7-9-19(2)17(23)15(11)13-5-3-12(4-6-14(21)22)20-10-8-18-16(13)20/h3,5,7-10H,4,6H2,1-2H3,(H,21,22). The van der Waals surface area contributed by atoms with Crippen LogP contribution < -0.4 is 5.56 Å². The van der Waals surface area contributed by atoms with Crippen LogP contribution in [0, 0.1) is 6.92 Å². The fraction of sp³-hybridized carbons (Fsp3) is 0.235. The first kappa shape index (κ1) is 15.0. The fourth-order valence-electron chi connectivity index (χ4n) is 2.75. The summed E-state index contributed by atoms with van der Waals surface area (Å²) in [4.78, 5) is 27.7. The van der Waals surface area contributed by atoms with Gasteiger partial charge in [-0.2, -0.15) is 0 Å². The molecule has 0 bridgehead atoms. The maximum Gasteiger partial charge on any atom is 0.303 e. The summed E-state index contributed by atoms with van der Waals surface area (Å²) in [6, 6.07) is 5.61. The topological polar surface area (TPSA) is 76.6 Å². The summed E-state index contributed by atoms with van der Waals surface area (Å²) in [5.74, 6) is -0.838. The van der Waals surface area contributed by atoms with Gasteiger partial charge in [0.2, 0.25) is 0 Å². The first-order chi connectivity index (χ1) is 11.0. The molecule has 0 aliphatic rings. The van der Waals surface area contributed by atoms with Crippen molar-refractivity contribution in [2.24, 2.45) is 7.05 Å². The number of fused-ring (bicyclic) bond motifs is 1. The third-order valence-electron chi connectivity index (χ3n) is 3.97. The third kappa shape index (κ3) is 2.63. The Bertz CT molecular complexity index is 953. The molecule has 23 heavy (non-hydrogen) atoms. The van der Waals surface area contributed by atoms with Crippen molar-refractivity contribution in [2.45, 2.75) is 19.8 Å². The second kappa shape index (κ2) is 5.72. The van der Waals surface area contributed by atoms with Gasteiger partial charge in [-0.05, 0) is 37.1 Å². The molecule has 6 heteroatoms. The maximum absolute atomic E-state index is 12.5. The zero-order chi connectivity index (χ0) is 16.6. The van der Waals surface area contributed by atoms with Gasteiger partial charge in [0.15, 0.2) is 0 Å². The lowest BCUT2D eigenvalue weighted by atomic mass is 10.0. The number of rotatable bonds is 4. The van der Waals surface area contributed by atoms with Gasteiger partial charge in [0, 0.05) is 36.9 Å². The van der Waals surface area contributed by atoms with Crippen LogP contribution in [0.15, 0.2) is 41.6 Å². The van der Waals surface area contributed by atoms with E-state index >= 15 is 0 Å². The van der Waals surface area contributed by atoms with Crippen LogP contribution in [0.3, 0.4) is 0 Å². The van der Waals surface area contributed by atoms with E-state index in [0.29, 0.717) is 17.6 Å². The molecule has 0 unspecified atom stereocenters. The molecule has 0 aliphatic carbocycles. The molecule has 0 atom stereocenters. The van der Waals surface area contributed by atoms with Crippen molar-refractivity contribution in [1.29, 1.82) is 0 Å². The smallest absolute Gasteiger partial charge is 0.303 e. The minimum atomic E-state index is -0.838. The minimum absolute atomic E-state index is 0.0543. The van der Waals surface area contributed by atoms with Crippen molar-refractivity contribution < 1.29 is 9.90 Å². The summed E-state index contributed by atoms with van der Waals surface area (Å²) < 4.78 is 3.39. The van der Waals surface area contributed by atoms with E-state index in [1.54, 1.807) is 30.2 Å². The van der Waals surface area contributed by atoms with E-state index in [2.05, 4.69) is 4.98 Å². The lowest BCUT2D eigenvalue weighted by Gasteiger charge is -2.11. The highest BCUT2D eigenvalue weighted by Crippen LogP contribution is 2.25. The van der Waals surface area contributed by atoms with E-state index in [9.17, 15) is 9.59 Å². The summed E-state index contributed by atoms with van der Waals surface area (Å²) in [5, 5.41) is 8.86. The van der Waals surface area contributed by atoms with E-state index in [1.165, 1.54) is 0 Å².